The third-order valence-electron chi connectivity index (χ3n) is 6.35. The van der Waals surface area contributed by atoms with Gasteiger partial charge in [0.2, 0.25) is 17.6 Å². The van der Waals surface area contributed by atoms with Gasteiger partial charge >= 0.3 is 0 Å². The highest BCUT2D eigenvalue weighted by Crippen LogP contribution is 2.40. The molecule has 3 heterocycles. The van der Waals surface area contributed by atoms with Crippen molar-refractivity contribution in [2.45, 2.75) is 19.5 Å². The number of ether oxygens (including phenoxy) is 3. The van der Waals surface area contributed by atoms with Crippen LogP contribution < -0.4 is 14.2 Å². The van der Waals surface area contributed by atoms with Gasteiger partial charge in [0.1, 0.15) is 5.76 Å². The molecule has 1 aromatic heterocycles. The molecule has 0 aliphatic carbocycles. The number of likely N-dealkylation sites (tertiary alicyclic amines) is 1. The van der Waals surface area contributed by atoms with Crippen molar-refractivity contribution in [3.8, 4) is 17.2 Å². The predicted octanol–water partition coefficient (Wildman–Crippen LogP) is 2.00. The number of carbonyl (C=O) groups is 2. The van der Waals surface area contributed by atoms with Gasteiger partial charge in [0.15, 0.2) is 11.5 Å². The van der Waals surface area contributed by atoms with Gasteiger partial charge < -0.3 is 28.4 Å². The molecule has 0 saturated carbocycles. The van der Waals surface area contributed by atoms with Crippen LogP contribution in [0.2, 0.25) is 0 Å². The highest BCUT2D eigenvalue weighted by Gasteiger charge is 2.37. The van der Waals surface area contributed by atoms with E-state index in [4.69, 9.17) is 18.6 Å². The standard InChI is InChI=1S/C24H31N3O6/c1-30-20-7-6-17(22(31-2)23(20)32-3)14-25-8-10-26(11-9-25)24(29)18-13-21(28)27(15-18)16-19-5-4-12-33-19/h4-7,12,18H,8-11,13-16H2,1-3H3. The van der Waals surface area contributed by atoms with Crippen LogP contribution in [0.15, 0.2) is 34.9 Å². The van der Waals surface area contributed by atoms with Gasteiger partial charge in [-0.05, 0) is 18.2 Å². The minimum atomic E-state index is -0.287. The summed E-state index contributed by atoms with van der Waals surface area (Å²) in [6, 6.07) is 7.50. The molecule has 1 atom stereocenters. The fraction of sp³-hybridized carbons (Fsp3) is 0.500. The molecule has 1 unspecified atom stereocenters. The molecule has 0 N–H and O–H groups in total. The SMILES string of the molecule is COc1ccc(CN2CCN(C(=O)C3CC(=O)N(Cc4ccco4)C3)CC2)c(OC)c1OC. The molecule has 2 aliphatic rings. The number of rotatable bonds is 8. The summed E-state index contributed by atoms with van der Waals surface area (Å²) in [5.74, 6) is 2.38. The molecule has 4 rings (SSSR count). The Balaban J connectivity index is 1.32. The zero-order valence-corrected chi connectivity index (χ0v) is 19.4. The van der Waals surface area contributed by atoms with Crippen LogP contribution in [-0.4, -0.2) is 80.6 Å². The van der Waals surface area contributed by atoms with Gasteiger partial charge in [-0.3, -0.25) is 14.5 Å². The molecular weight excluding hydrogens is 426 g/mol. The lowest BCUT2D eigenvalue weighted by Gasteiger charge is -2.36. The van der Waals surface area contributed by atoms with Crippen molar-refractivity contribution >= 4 is 11.8 Å². The fourth-order valence-electron chi connectivity index (χ4n) is 4.59. The molecule has 2 aliphatic heterocycles. The van der Waals surface area contributed by atoms with Gasteiger partial charge in [0, 0.05) is 51.3 Å². The van der Waals surface area contributed by atoms with Crippen molar-refractivity contribution in [1.82, 2.24) is 14.7 Å². The molecule has 2 fully saturated rings. The highest BCUT2D eigenvalue weighted by atomic mass is 16.5. The summed E-state index contributed by atoms with van der Waals surface area (Å²) in [6.07, 6.45) is 1.86. The summed E-state index contributed by atoms with van der Waals surface area (Å²) in [4.78, 5) is 31.3. The lowest BCUT2D eigenvalue weighted by molar-refractivity contribution is -0.137. The Morgan fingerprint density at radius 2 is 1.76 bits per heavy atom. The van der Waals surface area contributed by atoms with E-state index in [9.17, 15) is 9.59 Å². The number of methoxy groups -OCH3 is 3. The summed E-state index contributed by atoms with van der Waals surface area (Å²) >= 11 is 0. The van der Waals surface area contributed by atoms with Crippen molar-refractivity contribution in [2.75, 3.05) is 54.1 Å². The smallest absolute Gasteiger partial charge is 0.228 e. The van der Waals surface area contributed by atoms with Crippen molar-refractivity contribution < 1.29 is 28.2 Å². The maximum atomic E-state index is 13.1. The predicted molar refractivity (Wildman–Crippen MR) is 120 cm³/mol. The molecular formula is C24H31N3O6. The zero-order valence-electron chi connectivity index (χ0n) is 19.4. The number of piperazine rings is 1. The van der Waals surface area contributed by atoms with E-state index in [1.807, 2.05) is 23.1 Å². The quantitative estimate of drug-likeness (QED) is 0.599. The molecule has 33 heavy (non-hydrogen) atoms. The molecule has 2 saturated heterocycles. The second-order valence-electron chi connectivity index (χ2n) is 8.35. The molecule has 9 heteroatoms. The Bertz CT molecular complexity index is 969. The number of hydrogen-bond donors (Lipinski definition) is 0. The van der Waals surface area contributed by atoms with Crippen molar-refractivity contribution in [3.05, 3.63) is 41.9 Å². The molecule has 0 bridgehead atoms. The second kappa shape index (κ2) is 10.2. The largest absolute Gasteiger partial charge is 0.493 e. The van der Waals surface area contributed by atoms with Crippen LogP contribution in [0.3, 0.4) is 0 Å². The van der Waals surface area contributed by atoms with Crippen LogP contribution >= 0.6 is 0 Å². The number of furan rings is 1. The average molecular weight is 458 g/mol. The zero-order chi connectivity index (χ0) is 23.4. The van der Waals surface area contributed by atoms with E-state index in [0.29, 0.717) is 50.0 Å². The molecule has 9 nitrogen and oxygen atoms in total. The number of nitrogens with zero attached hydrogens (tertiary/aromatic N) is 3. The normalized spacial score (nSPS) is 19.1. The first-order chi connectivity index (χ1) is 16.0. The second-order valence-corrected chi connectivity index (χ2v) is 8.35. The van der Waals surface area contributed by atoms with Gasteiger partial charge in [0.25, 0.3) is 0 Å². The van der Waals surface area contributed by atoms with Crippen molar-refractivity contribution in [2.24, 2.45) is 5.92 Å². The van der Waals surface area contributed by atoms with Crippen LogP contribution in [0.25, 0.3) is 0 Å². The Morgan fingerprint density at radius 3 is 2.39 bits per heavy atom. The van der Waals surface area contributed by atoms with E-state index in [2.05, 4.69) is 4.90 Å². The van der Waals surface area contributed by atoms with E-state index in [0.717, 1.165) is 24.4 Å². The van der Waals surface area contributed by atoms with E-state index in [1.54, 1.807) is 38.6 Å². The lowest BCUT2D eigenvalue weighted by atomic mass is 10.1. The molecule has 0 spiro atoms. The Hall–Kier alpha value is -3.20. The molecule has 2 aromatic rings. The van der Waals surface area contributed by atoms with Gasteiger partial charge in [0.05, 0.1) is 40.1 Å². The molecule has 2 amide bonds. The third kappa shape index (κ3) is 4.93. The van der Waals surface area contributed by atoms with Gasteiger partial charge in [-0.25, -0.2) is 0 Å². The maximum Gasteiger partial charge on any atom is 0.228 e. The summed E-state index contributed by atoms with van der Waals surface area (Å²) in [5, 5.41) is 0. The monoisotopic (exact) mass is 457 g/mol. The average Bonchev–Trinajstić information content (AvgIpc) is 3.48. The first-order valence-electron chi connectivity index (χ1n) is 11.1. The number of carbonyl (C=O) groups excluding carboxylic acids is 2. The van der Waals surface area contributed by atoms with Gasteiger partial charge in [-0.15, -0.1) is 0 Å². The summed E-state index contributed by atoms with van der Waals surface area (Å²) in [5.41, 5.74) is 1.00. The third-order valence-corrected chi connectivity index (χ3v) is 6.35. The fourth-order valence-corrected chi connectivity index (χ4v) is 4.59. The number of amides is 2. The molecule has 1 aromatic carbocycles. The Labute approximate surface area is 193 Å². The van der Waals surface area contributed by atoms with Crippen LogP contribution in [0.5, 0.6) is 17.2 Å². The minimum Gasteiger partial charge on any atom is -0.493 e. The van der Waals surface area contributed by atoms with Gasteiger partial charge in [-0.2, -0.15) is 0 Å². The first kappa shape index (κ1) is 23.0. The summed E-state index contributed by atoms with van der Waals surface area (Å²) in [7, 11) is 4.81. The number of benzene rings is 1. The highest BCUT2D eigenvalue weighted by molar-refractivity contribution is 5.89. The molecule has 178 valence electrons. The van der Waals surface area contributed by atoms with E-state index < -0.39 is 0 Å². The van der Waals surface area contributed by atoms with E-state index >= 15 is 0 Å². The Kier molecular flexibility index (Phi) is 7.08. The number of hydrogen-bond acceptors (Lipinski definition) is 7. The van der Waals surface area contributed by atoms with Crippen molar-refractivity contribution in [3.63, 3.8) is 0 Å². The minimum absolute atomic E-state index is 0.00364. The lowest BCUT2D eigenvalue weighted by Crippen LogP contribution is -2.50. The van der Waals surface area contributed by atoms with E-state index in [1.165, 1.54) is 0 Å². The van der Waals surface area contributed by atoms with E-state index in [-0.39, 0.29) is 24.2 Å². The molecule has 0 radical (unpaired) electrons. The topological polar surface area (TPSA) is 84.7 Å². The van der Waals surface area contributed by atoms with Crippen molar-refractivity contribution in [1.29, 1.82) is 0 Å². The van der Waals surface area contributed by atoms with Crippen LogP contribution in [0, 0.1) is 5.92 Å². The van der Waals surface area contributed by atoms with Crippen LogP contribution in [-0.2, 0) is 22.7 Å². The van der Waals surface area contributed by atoms with Crippen LogP contribution in [0.1, 0.15) is 17.7 Å². The summed E-state index contributed by atoms with van der Waals surface area (Å²) < 4.78 is 21.8. The Morgan fingerprint density at radius 1 is 1.00 bits per heavy atom. The maximum absolute atomic E-state index is 13.1. The first-order valence-corrected chi connectivity index (χ1v) is 11.1. The van der Waals surface area contributed by atoms with Crippen LogP contribution in [0.4, 0.5) is 0 Å². The summed E-state index contributed by atoms with van der Waals surface area (Å²) in [6.45, 7) is 4.32. The van der Waals surface area contributed by atoms with Gasteiger partial charge in [-0.1, -0.05) is 6.07 Å².